The molecule has 0 aliphatic carbocycles. The minimum atomic E-state index is -4.47. The van der Waals surface area contributed by atoms with Crippen molar-refractivity contribution in [3.8, 4) is 5.75 Å². The Kier molecular flexibility index (Phi) is 5.95. The van der Waals surface area contributed by atoms with Crippen LogP contribution >= 0.6 is 11.6 Å². The number of esters is 1. The molecule has 3 nitrogen and oxygen atoms in total. The third-order valence-corrected chi connectivity index (χ3v) is 3.97. The summed E-state index contributed by atoms with van der Waals surface area (Å²) in [6.07, 6.45) is -3.89. The maximum atomic E-state index is 12.7. The van der Waals surface area contributed by atoms with Gasteiger partial charge in [-0.1, -0.05) is 30.7 Å². The van der Waals surface area contributed by atoms with Gasteiger partial charge in [0.2, 0.25) is 0 Å². The van der Waals surface area contributed by atoms with Gasteiger partial charge in [-0.05, 0) is 41.8 Å². The molecule has 0 atom stereocenters. The van der Waals surface area contributed by atoms with Gasteiger partial charge >= 0.3 is 12.1 Å². The molecule has 7 heteroatoms. The highest BCUT2D eigenvalue weighted by Crippen LogP contribution is 2.35. The Morgan fingerprint density at radius 1 is 1.20 bits per heavy atom. The number of halogens is 4. The van der Waals surface area contributed by atoms with Crippen molar-refractivity contribution < 1.29 is 27.4 Å². The first kappa shape index (κ1) is 19.1. The Hall–Kier alpha value is -2.21. The minimum Gasteiger partial charge on any atom is -0.487 e. The molecule has 0 saturated carbocycles. The molecule has 0 aliphatic heterocycles. The van der Waals surface area contributed by atoms with E-state index in [1.54, 1.807) is 18.2 Å². The van der Waals surface area contributed by atoms with Gasteiger partial charge in [0.15, 0.2) is 0 Å². The lowest BCUT2D eigenvalue weighted by Crippen LogP contribution is -2.09. The number of alkyl halides is 3. The first-order chi connectivity index (χ1) is 11.8. The number of ether oxygens (including phenoxy) is 2. The van der Waals surface area contributed by atoms with Crippen molar-refractivity contribution in [2.45, 2.75) is 26.1 Å². The molecule has 0 radical (unpaired) electrons. The van der Waals surface area contributed by atoms with Gasteiger partial charge in [0.25, 0.3) is 0 Å². The standard InChI is InChI=1S/C18H16ClF3O3/c1-3-13-11(5-4-6-14(13)17(23)24-2)10-25-16-8-7-12(9-15(16)19)18(20,21)22/h4-9H,3,10H2,1-2H3. The van der Waals surface area contributed by atoms with Crippen LogP contribution in [0.3, 0.4) is 0 Å². The summed E-state index contributed by atoms with van der Waals surface area (Å²) >= 11 is 5.88. The van der Waals surface area contributed by atoms with E-state index in [0.29, 0.717) is 12.0 Å². The second kappa shape index (κ2) is 7.78. The molecule has 2 rings (SSSR count). The van der Waals surface area contributed by atoms with E-state index in [4.69, 9.17) is 21.1 Å². The molecule has 134 valence electrons. The van der Waals surface area contributed by atoms with E-state index < -0.39 is 17.7 Å². The molecule has 0 N–H and O–H groups in total. The maximum absolute atomic E-state index is 12.7. The number of rotatable bonds is 5. The molecule has 2 aromatic carbocycles. The molecular weight excluding hydrogens is 357 g/mol. The lowest BCUT2D eigenvalue weighted by molar-refractivity contribution is -0.137. The highest BCUT2D eigenvalue weighted by molar-refractivity contribution is 6.32. The number of hydrogen-bond acceptors (Lipinski definition) is 3. The lowest BCUT2D eigenvalue weighted by Gasteiger charge is -2.15. The SMILES string of the molecule is CCc1c(COc2ccc(C(F)(F)F)cc2Cl)cccc1C(=O)OC. The second-order valence-electron chi connectivity index (χ2n) is 5.22. The normalized spacial score (nSPS) is 11.3. The van der Waals surface area contributed by atoms with E-state index in [2.05, 4.69) is 0 Å². The molecular formula is C18H16ClF3O3. The Bertz CT molecular complexity index is 773. The molecule has 0 saturated heterocycles. The monoisotopic (exact) mass is 372 g/mol. The maximum Gasteiger partial charge on any atom is 0.416 e. The number of benzene rings is 2. The summed E-state index contributed by atoms with van der Waals surface area (Å²) in [5.41, 5.74) is 1.09. The number of hydrogen-bond donors (Lipinski definition) is 0. The Morgan fingerprint density at radius 3 is 2.48 bits per heavy atom. The molecule has 0 aliphatic rings. The predicted molar refractivity (Wildman–Crippen MR) is 87.9 cm³/mol. The molecule has 0 heterocycles. The Labute approximate surface area is 148 Å². The number of carbonyl (C=O) groups is 1. The van der Waals surface area contributed by atoms with Gasteiger partial charge in [-0.3, -0.25) is 0 Å². The van der Waals surface area contributed by atoms with Crippen molar-refractivity contribution in [3.63, 3.8) is 0 Å². The zero-order valence-corrected chi connectivity index (χ0v) is 14.4. The van der Waals surface area contributed by atoms with Gasteiger partial charge < -0.3 is 9.47 Å². The van der Waals surface area contributed by atoms with E-state index in [9.17, 15) is 18.0 Å². The smallest absolute Gasteiger partial charge is 0.416 e. The first-order valence-corrected chi connectivity index (χ1v) is 7.84. The molecule has 0 amide bonds. The van der Waals surface area contributed by atoms with Crippen LogP contribution in [0.2, 0.25) is 5.02 Å². The molecule has 0 aromatic heterocycles. The van der Waals surface area contributed by atoms with Crippen molar-refractivity contribution >= 4 is 17.6 Å². The molecule has 0 spiro atoms. The van der Waals surface area contributed by atoms with Crippen molar-refractivity contribution in [3.05, 3.63) is 63.7 Å². The van der Waals surface area contributed by atoms with Crippen LogP contribution in [0.25, 0.3) is 0 Å². The fourth-order valence-electron chi connectivity index (χ4n) is 2.44. The summed E-state index contributed by atoms with van der Waals surface area (Å²) in [6.45, 7) is 1.95. The average molecular weight is 373 g/mol. The summed E-state index contributed by atoms with van der Waals surface area (Å²) in [6, 6.07) is 8.04. The quantitative estimate of drug-likeness (QED) is 0.669. The van der Waals surface area contributed by atoms with Crippen molar-refractivity contribution in [2.24, 2.45) is 0 Å². The highest BCUT2D eigenvalue weighted by Gasteiger charge is 2.31. The van der Waals surface area contributed by atoms with Gasteiger partial charge in [0, 0.05) is 0 Å². The van der Waals surface area contributed by atoms with Crippen LogP contribution in [0.5, 0.6) is 5.75 Å². The molecule has 25 heavy (non-hydrogen) atoms. The van der Waals surface area contributed by atoms with Crippen LogP contribution in [0.1, 0.15) is 34.0 Å². The minimum absolute atomic E-state index is 0.0685. The Balaban J connectivity index is 2.23. The average Bonchev–Trinajstić information content (AvgIpc) is 2.58. The largest absolute Gasteiger partial charge is 0.487 e. The van der Waals surface area contributed by atoms with Crippen molar-refractivity contribution in [1.82, 2.24) is 0 Å². The van der Waals surface area contributed by atoms with Crippen LogP contribution in [0.4, 0.5) is 13.2 Å². The third kappa shape index (κ3) is 4.45. The fraction of sp³-hybridized carbons (Fsp3) is 0.278. The van der Waals surface area contributed by atoms with Crippen LogP contribution in [0, 0.1) is 0 Å². The van der Waals surface area contributed by atoms with E-state index in [-0.39, 0.29) is 17.4 Å². The van der Waals surface area contributed by atoms with Crippen LogP contribution in [-0.4, -0.2) is 13.1 Å². The molecule has 0 bridgehead atoms. The van der Waals surface area contributed by atoms with Crippen molar-refractivity contribution in [1.29, 1.82) is 0 Å². The van der Waals surface area contributed by atoms with Crippen LogP contribution in [-0.2, 0) is 23.9 Å². The zero-order valence-electron chi connectivity index (χ0n) is 13.6. The van der Waals surface area contributed by atoms with Gasteiger partial charge in [-0.25, -0.2) is 4.79 Å². The highest BCUT2D eigenvalue weighted by atomic mass is 35.5. The summed E-state index contributed by atoms with van der Waals surface area (Å²) in [4.78, 5) is 11.8. The Morgan fingerprint density at radius 2 is 1.92 bits per heavy atom. The second-order valence-corrected chi connectivity index (χ2v) is 5.63. The van der Waals surface area contributed by atoms with E-state index >= 15 is 0 Å². The summed E-state index contributed by atoms with van der Waals surface area (Å²) in [5, 5.41) is -0.128. The number of carbonyl (C=O) groups excluding carboxylic acids is 1. The summed E-state index contributed by atoms with van der Waals surface area (Å²) in [5.74, 6) is -0.313. The first-order valence-electron chi connectivity index (χ1n) is 7.46. The van der Waals surface area contributed by atoms with E-state index in [1.807, 2.05) is 6.92 Å². The number of methoxy groups -OCH3 is 1. The fourth-order valence-corrected chi connectivity index (χ4v) is 2.67. The lowest BCUT2D eigenvalue weighted by atomic mass is 9.99. The van der Waals surface area contributed by atoms with Gasteiger partial charge in [0.1, 0.15) is 12.4 Å². The van der Waals surface area contributed by atoms with E-state index in [0.717, 1.165) is 23.3 Å². The summed E-state index contributed by atoms with van der Waals surface area (Å²) < 4.78 is 48.3. The predicted octanol–water partition coefficient (Wildman–Crippen LogP) is 5.29. The zero-order chi connectivity index (χ0) is 18.6. The molecule has 0 unspecified atom stereocenters. The summed E-state index contributed by atoms with van der Waals surface area (Å²) in [7, 11) is 1.30. The molecule has 0 fully saturated rings. The van der Waals surface area contributed by atoms with E-state index in [1.165, 1.54) is 13.2 Å². The van der Waals surface area contributed by atoms with Crippen LogP contribution in [0.15, 0.2) is 36.4 Å². The van der Waals surface area contributed by atoms with Gasteiger partial charge in [-0.15, -0.1) is 0 Å². The van der Waals surface area contributed by atoms with Crippen LogP contribution < -0.4 is 4.74 Å². The molecule has 2 aromatic rings. The van der Waals surface area contributed by atoms with Gasteiger partial charge in [-0.2, -0.15) is 13.2 Å². The topological polar surface area (TPSA) is 35.5 Å². The van der Waals surface area contributed by atoms with Crippen molar-refractivity contribution in [2.75, 3.05) is 7.11 Å². The third-order valence-electron chi connectivity index (χ3n) is 3.67. The van der Waals surface area contributed by atoms with Gasteiger partial charge in [0.05, 0.1) is 23.3 Å².